The molecule has 30 heavy (non-hydrogen) atoms. The highest BCUT2D eigenvalue weighted by Gasteiger charge is 2.08. The second kappa shape index (κ2) is 13.8. The molecule has 164 valence electrons. The van der Waals surface area contributed by atoms with Crippen LogP contribution in [0.4, 0.5) is 0 Å². The monoisotopic (exact) mass is 524 g/mol. The molecule has 0 atom stereocenters. The highest BCUT2D eigenvalue weighted by molar-refractivity contribution is 14.0. The third kappa shape index (κ3) is 8.22. The van der Waals surface area contributed by atoms with E-state index in [0.29, 0.717) is 12.2 Å². The molecule has 1 amide bonds. The van der Waals surface area contributed by atoms with Crippen molar-refractivity contribution < 1.29 is 9.53 Å². The lowest BCUT2D eigenvalue weighted by atomic mass is 10.1. The number of rotatable bonds is 9. The first-order chi connectivity index (χ1) is 14.0. The molecule has 6 nitrogen and oxygen atoms in total. The van der Waals surface area contributed by atoms with Crippen LogP contribution < -0.4 is 15.4 Å². The summed E-state index contributed by atoms with van der Waals surface area (Å²) < 4.78 is 5.68. The number of carbonyl (C=O) groups is 1. The van der Waals surface area contributed by atoms with Crippen molar-refractivity contribution in [1.29, 1.82) is 0 Å². The summed E-state index contributed by atoms with van der Waals surface area (Å²) in [7, 11) is 5.29. The molecule has 0 radical (unpaired) electrons. The largest absolute Gasteiger partial charge is 0.494 e. The van der Waals surface area contributed by atoms with E-state index in [1.54, 1.807) is 26.0 Å². The van der Waals surface area contributed by atoms with E-state index >= 15 is 0 Å². The number of halogens is 1. The Labute approximate surface area is 197 Å². The Balaban J connectivity index is 0.00000450. The van der Waals surface area contributed by atoms with E-state index in [9.17, 15) is 4.79 Å². The van der Waals surface area contributed by atoms with Crippen LogP contribution >= 0.6 is 24.0 Å². The van der Waals surface area contributed by atoms with Gasteiger partial charge in [0.1, 0.15) is 5.75 Å². The predicted octanol–water partition coefficient (Wildman–Crippen LogP) is 3.36. The Morgan fingerprint density at radius 1 is 1.03 bits per heavy atom. The van der Waals surface area contributed by atoms with E-state index in [1.807, 2.05) is 49.4 Å². The summed E-state index contributed by atoms with van der Waals surface area (Å²) in [6, 6.07) is 15.9. The maximum absolute atomic E-state index is 12.1. The first-order valence-corrected chi connectivity index (χ1v) is 10.0. The maximum atomic E-state index is 12.1. The number of hydrogen-bond acceptors (Lipinski definition) is 3. The van der Waals surface area contributed by atoms with Crippen molar-refractivity contribution in [2.75, 3.05) is 40.8 Å². The van der Waals surface area contributed by atoms with Gasteiger partial charge >= 0.3 is 0 Å². The van der Waals surface area contributed by atoms with Crippen molar-refractivity contribution in [3.63, 3.8) is 0 Å². The predicted molar refractivity (Wildman–Crippen MR) is 134 cm³/mol. The number of hydrogen-bond donors (Lipinski definition) is 2. The number of para-hydroxylation sites is 1. The summed E-state index contributed by atoms with van der Waals surface area (Å²) in [5.74, 6) is 1.72. The lowest BCUT2D eigenvalue weighted by Gasteiger charge is -2.14. The zero-order chi connectivity index (χ0) is 21.1. The zero-order valence-electron chi connectivity index (χ0n) is 18.3. The third-order valence-electron chi connectivity index (χ3n) is 4.47. The van der Waals surface area contributed by atoms with Gasteiger partial charge in [-0.1, -0.05) is 30.3 Å². The molecule has 7 heteroatoms. The molecule has 0 saturated heterocycles. The lowest BCUT2D eigenvalue weighted by molar-refractivity contribution is 0.0827. The van der Waals surface area contributed by atoms with Crippen molar-refractivity contribution in [2.45, 2.75) is 19.8 Å². The molecule has 0 aliphatic carbocycles. The lowest BCUT2D eigenvalue weighted by Crippen LogP contribution is -2.39. The number of ether oxygens (including phenoxy) is 1. The number of guanidine groups is 1. The van der Waals surface area contributed by atoms with E-state index in [4.69, 9.17) is 4.74 Å². The molecule has 2 aromatic rings. The van der Waals surface area contributed by atoms with Crippen LogP contribution in [-0.2, 0) is 12.8 Å². The second-order valence-corrected chi connectivity index (χ2v) is 6.87. The van der Waals surface area contributed by atoms with Gasteiger partial charge in [0, 0.05) is 39.8 Å². The number of carbonyl (C=O) groups excluding carboxylic acids is 1. The van der Waals surface area contributed by atoms with Gasteiger partial charge in [-0.05, 0) is 49.1 Å². The topological polar surface area (TPSA) is 66.0 Å². The molecule has 0 aliphatic heterocycles. The molecule has 0 aliphatic rings. The van der Waals surface area contributed by atoms with Gasteiger partial charge in [0.25, 0.3) is 5.91 Å². The van der Waals surface area contributed by atoms with Crippen LogP contribution in [0, 0.1) is 0 Å². The van der Waals surface area contributed by atoms with Gasteiger partial charge in [-0.25, -0.2) is 0 Å². The highest BCUT2D eigenvalue weighted by atomic mass is 127. The average Bonchev–Trinajstić information content (AvgIpc) is 2.73. The molecule has 0 bridgehead atoms. The molecule has 0 spiro atoms. The molecule has 0 heterocycles. The van der Waals surface area contributed by atoms with E-state index in [-0.39, 0.29) is 29.9 Å². The van der Waals surface area contributed by atoms with E-state index in [0.717, 1.165) is 43.2 Å². The van der Waals surface area contributed by atoms with Crippen molar-refractivity contribution in [2.24, 2.45) is 4.99 Å². The fraction of sp³-hybridized carbons (Fsp3) is 0.391. The Morgan fingerprint density at radius 3 is 2.40 bits per heavy atom. The molecule has 2 aromatic carbocycles. The SMILES string of the molecule is CCOc1ccccc1CCNC(=NC)NCCc1cccc(C(=O)N(C)C)c1.I. The summed E-state index contributed by atoms with van der Waals surface area (Å²) in [5.41, 5.74) is 3.01. The Morgan fingerprint density at radius 2 is 1.73 bits per heavy atom. The third-order valence-corrected chi connectivity index (χ3v) is 4.47. The molecule has 0 saturated carbocycles. The molecule has 0 unspecified atom stereocenters. The number of nitrogens with zero attached hydrogens (tertiary/aromatic N) is 2. The smallest absolute Gasteiger partial charge is 0.253 e. The number of benzene rings is 2. The number of aliphatic imine (C=N–C) groups is 1. The average molecular weight is 524 g/mol. The second-order valence-electron chi connectivity index (χ2n) is 6.87. The molecule has 2 N–H and O–H groups in total. The van der Waals surface area contributed by atoms with Gasteiger partial charge in [0.05, 0.1) is 6.61 Å². The van der Waals surface area contributed by atoms with E-state index in [2.05, 4.69) is 21.7 Å². The van der Waals surface area contributed by atoms with Crippen molar-refractivity contribution in [3.8, 4) is 5.75 Å². The minimum Gasteiger partial charge on any atom is -0.494 e. The standard InChI is InChI=1S/C23H32N4O2.HI/c1-5-29-21-12-7-6-10-19(21)14-16-26-23(24-2)25-15-13-18-9-8-11-20(17-18)22(28)27(3)4;/h6-12,17H,5,13-16H2,1-4H3,(H2,24,25,26);1H. The van der Waals surface area contributed by atoms with Crippen LogP contribution in [-0.4, -0.2) is 57.6 Å². The van der Waals surface area contributed by atoms with Gasteiger partial charge in [-0.3, -0.25) is 9.79 Å². The van der Waals surface area contributed by atoms with Gasteiger partial charge in [0.2, 0.25) is 0 Å². The summed E-state index contributed by atoms with van der Waals surface area (Å²) in [5, 5.41) is 6.67. The van der Waals surface area contributed by atoms with Crippen molar-refractivity contribution >= 4 is 35.8 Å². The molecular formula is C23H33IN4O2. The normalized spacial score (nSPS) is 10.7. The molecular weight excluding hydrogens is 491 g/mol. The Bertz CT molecular complexity index is 824. The summed E-state index contributed by atoms with van der Waals surface area (Å²) in [6.45, 7) is 4.15. The summed E-state index contributed by atoms with van der Waals surface area (Å²) in [6.07, 6.45) is 1.66. The first-order valence-electron chi connectivity index (χ1n) is 10.0. The molecule has 0 aromatic heterocycles. The van der Waals surface area contributed by atoms with Crippen molar-refractivity contribution in [3.05, 3.63) is 65.2 Å². The maximum Gasteiger partial charge on any atom is 0.253 e. The van der Waals surface area contributed by atoms with Crippen LogP contribution in [0.5, 0.6) is 5.75 Å². The Hall–Kier alpha value is -2.29. The number of nitrogens with one attached hydrogen (secondary N) is 2. The van der Waals surface area contributed by atoms with Gasteiger partial charge in [0.15, 0.2) is 5.96 Å². The molecule has 2 rings (SSSR count). The highest BCUT2D eigenvalue weighted by Crippen LogP contribution is 2.17. The van der Waals surface area contributed by atoms with Gasteiger partial charge in [-0.2, -0.15) is 0 Å². The van der Waals surface area contributed by atoms with Crippen LogP contribution in [0.25, 0.3) is 0 Å². The quantitative estimate of drug-likeness (QED) is 0.300. The fourth-order valence-corrected chi connectivity index (χ4v) is 2.99. The van der Waals surface area contributed by atoms with Crippen LogP contribution in [0.1, 0.15) is 28.4 Å². The number of amides is 1. The van der Waals surface area contributed by atoms with E-state index in [1.165, 1.54) is 5.56 Å². The molecule has 0 fully saturated rings. The fourth-order valence-electron chi connectivity index (χ4n) is 2.99. The minimum absolute atomic E-state index is 0. The first kappa shape index (κ1) is 25.7. The van der Waals surface area contributed by atoms with Crippen LogP contribution in [0.3, 0.4) is 0 Å². The zero-order valence-corrected chi connectivity index (χ0v) is 20.6. The van der Waals surface area contributed by atoms with Gasteiger partial charge in [-0.15, -0.1) is 24.0 Å². The summed E-state index contributed by atoms with van der Waals surface area (Å²) in [4.78, 5) is 18.0. The Kier molecular flexibility index (Phi) is 11.9. The van der Waals surface area contributed by atoms with Gasteiger partial charge < -0.3 is 20.3 Å². The van der Waals surface area contributed by atoms with E-state index < -0.39 is 0 Å². The van der Waals surface area contributed by atoms with Crippen molar-refractivity contribution in [1.82, 2.24) is 15.5 Å². The van der Waals surface area contributed by atoms with Crippen LogP contribution in [0.15, 0.2) is 53.5 Å². The minimum atomic E-state index is 0. The van der Waals surface area contributed by atoms with Crippen LogP contribution in [0.2, 0.25) is 0 Å². The summed E-state index contributed by atoms with van der Waals surface area (Å²) >= 11 is 0.